The average Bonchev–Trinajstić information content (AvgIpc) is 3.33. The van der Waals surface area contributed by atoms with E-state index in [-0.39, 0.29) is 11.8 Å². The Balaban J connectivity index is 1.39. The zero-order valence-electron chi connectivity index (χ0n) is 27.9. The fourth-order valence-corrected chi connectivity index (χ4v) is 10.5. The third-order valence-electron chi connectivity index (χ3n) is 9.45. The Kier molecular flexibility index (Phi) is 8.27. The van der Waals surface area contributed by atoms with Gasteiger partial charge in [-0.05, 0) is 0 Å². The van der Waals surface area contributed by atoms with Gasteiger partial charge in [0, 0.05) is 0 Å². The van der Waals surface area contributed by atoms with Gasteiger partial charge in [0.1, 0.15) is 0 Å². The number of fused-ring (bicyclic) bond motifs is 2. The number of aryl methyl sites for hydroxylation is 3. The number of halogens is 3. The number of hydrogen-bond donors (Lipinski definition) is 0. The van der Waals surface area contributed by atoms with E-state index < -0.39 is 32.0 Å². The van der Waals surface area contributed by atoms with Gasteiger partial charge in [0.05, 0.1) is 0 Å². The van der Waals surface area contributed by atoms with Crippen molar-refractivity contribution in [2.75, 3.05) is 0 Å². The van der Waals surface area contributed by atoms with Crippen molar-refractivity contribution in [3.63, 3.8) is 0 Å². The van der Waals surface area contributed by atoms with Crippen LogP contribution in [-0.2, 0) is 18.9 Å². The van der Waals surface area contributed by atoms with Crippen LogP contribution in [0.3, 0.4) is 0 Å². The van der Waals surface area contributed by atoms with Gasteiger partial charge < -0.3 is 0 Å². The molecule has 0 saturated heterocycles. The molecule has 5 heteroatoms. The third kappa shape index (κ3) is 5.82. The van der Waals surface area contributed by atoms with Gasteiger partial charge in [0.2, 0.25) is 0 Å². The van der Waals surface area contributed by atoms with Gasteiger partial charge >= 0.3 is 268 Å². The second-order valence-corrected chi connectivity index (χ2v) is 17.2. The van der Waals surface area contributed by atoms with E-state index >= 15 is 0 Å². The van der Waals surface area contributed by atoms with Crippen molar-refractivity contribution in [3.05, 3.63) is 113 Å². The maximum atomic E-state index is 13.4. The molecule has 0 N–H and O–H groups in total. The minimum atomic E-state index is -4.24. The molecular formula is C41H41F3NTe+. The molecule has 0 saturated carbocycles. The maximum absolute atomic E-state index is 13.4. The van der Waals surface area contributed by atoms with Gasteiger partial charge in [0.25, 0.3) is 0 Å². The Morgan fingerprint density at radius 3 is 1.83 bits per heavy atom. The zero-order valence-corrected chi connectivity index (χ0v) is 30.2. The summed E-state index contributed by atoms with van der Waals surface area (Å²) in [6, 6.07) is 29.8. The van der Waals surface area contributed by atoms with E-state index in [9.17, 15) is 13.2 Å². The first-order valence-corrected chi connectivity index (χ1v) is 18.1. The summed E-state index contributed by atoms with van der Waals surface area (Å²) < 4.78 is 45.5. The fourth-order valence-electron chi connectivity index (χ4n) is 6.54. The number of hydrogen-bond acceptors (Lipinski definition) is 0. The summed E-state index contributed by atoms with van der Waals surface area (Å²) in [6.07, 6.45) is -2.06. The van der Waals surface area contributed by atoms with Crippen molar-refractivity contribution in [2.45, 2.75) is 66.5 Å². The molecule has 0 aliphatic carbocycles. The Labute approximate surface area is 280 Å². The van der Waals surface area contributed by atoms with Crippen LogP contribution in [-0.4, -0.2) is 26.6 Å². The fraction of sp³-hybridized carbons (Fsp3) is 0.293. The standard InChI is InChI=1S/C41H41F3NTe/c1-25-31-11-9-10-12-33(31)35(39(3,4)5)23-34(25)36-38-32(21-22-45(36)8)26(2)37(46-38)30-19-17-29(18-20-30)28-15-13-27(14-16-28)24-40(6,7)41(42,43)44/h9-23H,24H2,1-8H3/q+1. The van der Waals surface area contributed by atoms with Gasteiger partial charge in [-0.15, -0.1) is 0 Å². The van der Waals surface area contributed by atoms with Crippen LogP contribution in [0.5, 0.6) is 0 Å². The number of rotatable bonds is 5. The second kappa shape index (κ2) is 11.7. The molecule has 0 unspecified atom stereocenters. The zero-order chi connectivity index (χ0) is 33.2. The molecule has 0 aliphatic heterocycles. The number of alkyl halides is 3. The van der Waals surface area contributed by atoms with Crippen molar-refractivity contribution in [1.82, 2.24) is 0 Å². The first kappa shape index (κ1) is 32.5. The van der Waals surface area contributed by atoms with E-state index in [1.807, 2.05) is 24.3 Å². The van der Waals surface area contributed by atoms with Crippen LogP contribution in [0, 0.1) is 19.3 Å². The van der Waals surface area contributed by atoms with E-state index in [0.29, 0.717) is 5.56 Å². The Morgan fingerprint density at radius 2 is 1.24 bits per heavy atom. The van der Waals surface area contributed by atoms with Gasteiger partial charge in [-0.2, -0.15) is 13.2 Å². The summed E-state index contributed by atoms with van der Waals surface area (Å²) in [6.45, 7) is 13.9. The van der Waals surface area contributed by atoms with Gasteiger partial charge in [-0.1, -0.05) is 0 Å². The third-order valence-corrected chi connectivity index (χ3v) is 13.3. The molecule has 0 fully saturated rings. The molecule has 2 aromatic heterocycles. The summed E-state index contributed by atoms with van der Waals surface area (Å²) in [5.41, 5.74) is 8.97. The van der Waals surface area contributed by atoms with E-state index in [1.165, 1.54) is 70.5 Å². The summed E-state index contributed by atoms with van der Waals surface area (Å²) in [4.78, 5) is 0. The molecule has 46 heavy (non-hydrogen) atoms. The molecule has 6 rings (SSSR count). The Morgan fingerprint density at radius 1 is 0.674 bits per heavy atom. The van der Waals surface area contributed by atoms with Crippen LogP contribution in [0.4, 0.5) is 13.2 Å². The SMILES string of the molecule is Cc1c(-c2c3[te]c(-c4ccc(-c5ccc(CC(C)(C)C(F)(F)F)cc5)cc4)c(C)c3cc[n+]2C)cc(C(C)(C)C)c2ccccc12. The molecule has 236 valence electrons. The van der Waals surface area contributed by atoms with E-state index in [4.69, 9.17) is 0 Å². The van der Waals surface area contributed by atoms with Gasteiger partial charge in [-0.25, -0.2) is 0 Å². The van der Waals surface area contributed by atoms with Crippen molar-refractivity contribution in [1.29, 1.82) is 0 Å². The van der Waals surface area contributed by atoms with Crippen LogP contribution in [0.1, 0.15) is 56.9 Å². The summed E-state index contributed by atoms with van der Waals surface area (Å²) in [5, 5.41) is 4.01. The molecule has 6 aromatic rings. The van der Waals surface area contributed by atoms with Gasteiger partial charge in [0.15, 0.2) is 0 Å². The van der Waals surface area contributed by atoms with Crippen molar-refractivity contribution in [3.8, 4) is 31.5 Å². The summed E-state index contributed by atoms with van der Waals surface area (Å²) in [7, 11) is 2.17. The number of pyridine rings is 1. The topological polar surface area (TPSA) is 3.88 Å². The molecule has 0 aliphatic rings. The Hall–Kier alpha value is -3.39. The first-order valence-electron chi connectivity index (χ1n) is 15.8. The molecule has 2 heterocycles. The molecule has 0 bridgehead atoms. The summed E-state index contributed by atoms with van der Waals surface area (Å²) in [5.74, 6) is 0. The Bertz CT molecular complexity index is 2070. The van der Waals surface area contributed by atoms with E-state index in [2.05, 4.69) is 113 Å². The number of aromatic nitrogens is 1. The van der Waals surface area contributed by atoms with Crippen LogP contribution in [0.25, 0.3) is 51.1 Å². The van der Waals surface area contributed by atoms with Crippen molar-refractivity contribution in [2.24, 2.45) is 12.5 Å². The van der Waals surface area contributed by atoms with E-state index in [1.54, 1.807) is 0 Å². The molecular weight excluding hydrogens is 691 g/mol. The molecule has 0 atom stereocenters. The molecule has 0 spiro atoms. The normalized spacial score (nSPS) is 12.8. The minimum absolute atomic E-state index is 0.0102. The van der Waals surface area contributed by atoms with Crippen LogP contribution < -0.4 is 4.57 Å². The molecule has 4 aromatic carbocycles. The number of benzene rings is 4. The predicted octanol–water partition coefficient (Wildman–Crippen LogP) is 10.9. The predicted molar refractivity (Wildman–Crippen MR) is 188 cm³/mol. The van der Waals surface area contributed by atoms with Crippen LogP contribution >= 0.6 is 0 Å². The molecule has 0 radical (unpaired) electrons. The second-order valence-electron chi connectivity index (χ2n) is 14.3. The monoisotopic (exact) mass is 734 g/mol. The van der Waals surface area contributed by atoms with Crippen molar-refractivity contribution < 1.29 is 17.7 Å². The quantitative estimate of drug-likeness (QED) is 0.123. The molecule has 0 amide bonds. The van der Waals surface area contributed by atoms with E-state index in [0.717, 1.165) is 11.1 Å². The average molecular weight is 732 g/mol. The first-order chi connectivity index (χ1) is 21.6. The molecule has 1 nitrogen and oxygen atoms in total. The van der Waals surface area contributed by atoms with Crippen molar-refractivity contribution >= 4 is 40.0 Å². The van der Waals surface area contributed by atoms with Gasteiger partial charge in [-0.3, -0.25) is 0 Å². The van der Waals surface area contributed by atoms with Crippen LogP contribution in [0.2, 0.25) is 0 Å². The summed E-state index contributed by atoms with van der Waals surface area (Å²) >= 11 is -0.685. The van der Waals surface area contributed by atoms with Crippen LogP contribution in [0.15, 0.2) is 91.1 Å². The number of nitrogens with zero attached hydrogens (tertiary/aromatic N) is 1.